The van der Waals surface area contributed by atoms with Gasteiger partial charge in [0.2, 0.25) is 0 Å². The van der Waals surface area contributed by atoms with Crippen LogP contribution in [0.4, 0.5) is 10.1 Å². The number of alkyl halides is 1. The first-order valence-corrected chi connectivity index (χ1v) is 4.49. The number of hydrogen-bond acceptors (Lipinski definition) is 2. The first kappa shape index (κ1) is 11.4. The van der Waals surface area contributed by atoms with E-state index in [1.807, 2.05) is 0 Å². The summed E-state index contributed by atoms with van der Waals surface area (Å²) in [6, 6.07) is 6.29. The lowest BCUT2D eigenvalue weighted by molar-refractivity contribution is -0.125. The second-order valence-electron chi connectivity index (χ2n) is 3.67. The number of aldehydes is 1. The Labute approximate surface area is 87.3 Å². The summed E-state index contributed by atoms with van der Waals surface area (Å²) in [5.74, 6) is -0.731. The number of amides is 1. The van der Waals surface area contributed by atoms with Crippen LogP contribution in [0.25, 0.3) is 0 Å². The van der Waals surface area contributed by atoms with Crippen LogP contribution in [-0.4, -0.2) is 17.9 Å². The Morgan fingerprint density at radius 3 is 2.67 bits per heavy atom. The fourth-order valence-electron chi connectivity index (χ4n) is 0.969. The molecule has 4 heteroatoms. The lowest BCUT2D eigenvalue weighted by atomic mass is 10.1. The highest BCUT2D eigenvalue weighted by atomic mass is 19.1. The van der Waals surface area contributed by atoms with E-state index in [1.54, 1.807) is 18.2 Å². The van der Waals surface area contributed by atoms with E-state index in [9.17, 15) is 14.0 Å². The van der Waals surface area contributed by atoms with Crippen molar-refractivity contribution in [1.29, 1.82) is 0 Å². The standard InChI is InChI=1S/C11H12FNO2/c1-11(2,12)10(15)13-9-5-3-4-8(6-9)7-14/h3-7H,1-2H3,(H,13,15). The van der Waals surface area contributed by atoms with Crippen molar-refractivity contribution in [3.63, 3.8) is 0 Å². The van der Waals surface area contributed by atoms with Crippen LogP contribution in [0.1, 0.15) is 24.2 Å². The third kappa shape index (κ3) is 3.16. The number of nitrogens with one attached hydrogen (secondary N) is 1. The molecule has 0 aliphatic carbocycles. The van der Waals surface area contributed by atoms with Crippen LogP contribution in [0.15, 0.2) is 24.3 Å². The fraction of sp³-hybridized carbons (Fsp3) is 0.273. The van der Waals surface area contributed by atoms with E-state index in [1.165, 1.54) is 19.9 Å². The van der Waals surface area contributed by atoms with E-state index in [0.717, 1.165) is 0 Å². The van der Waals surface area contributed by atoms with Crippen LogP contribution < -0.4 is 5.32 Å². The molecule has 0 radical (unpaired) electrons. The van der Waals surface area contributed by atoms with Gasteiger partial charge in [-0.25, -0.2) is 4.39 Å². The van der Waals surface area contributed by atoms with Gasteiger partial charge in [-0.05, 0) is 26.0 Å². The summed E-state index contributed by atoms with van der Waals surface area (Å²) in [4.78, 5) is 21.7. The highest BCUT2D eigenvalue weighted by Gasteiger charge is 2.26. The van der Waals surface area contributed by atoms with Crippen LogP contribution in [0, 0.1) is 0 Å². The van der Waals surface area contributed by atoms with Gasteiger partial charge in [-0.1, -0.05) is 12.1 Å². The molecule has 1 amide bonds. The third-order valence-corrected chi connectivity index (χ3v) is 1.82. The quantitative estimate of drug-likeness (QED) is 0.775. The van der Waals surface area contributed by atoms with Gasteiger partial charge < -0.3 is 5.32 Å². The maximum atomic E-state index is 13.2. The summed E-state index contributed by atoms with van der Waals surface area (Å²) < 4.78 is 13.2. The number of hydrogen-bond donors (Lipinski definition) is 1. The Bertz CT molecular complexity index is 382. The molecule has 1 N–H and O–H groups in total. The molecule has 0 saturated heterocycles. The van der Waals surface area contributed by atoms with Crippen molar-refractivity contribution in [2.75, 3.05) is 5.32 Å². The molecule has 1 aromatic carbocycles. The molecular formula is C11H12FNO2. The van der Waals surface area contributed by atoms with Gasteiger partial charge in [-0.15, -0.1) is 0 Å². The molecule has 0 aliphatic rings. The van der Waals surface area contributed by atoms with Crippen molar-refractivity contribution in [2.24, 2.45) is 0 Å². The average molecular weight is 209 g/mol. The van der Waals surface area contributed by atoms with Gasteiger partial charge in [0.1, 0.15) is 6.29 Å². The Balaban J connectivity index is 2.81. The molecular weight excluding hydrogens is 197 g/mol. The number of benzene rings is 1. The number of rotatable bonds is 3. The summed E-state index contributed by atoms with van der Waals surface area (Å²) >= 11 is 0. The Kier molecular flexibility index (Phi) is 3.19. The lowest BCUT2D eigenvalue weighted by Gasteiger charge is -2.13. The average Bonchev–Trinajstić information content (AvgIpc) is 2.16. The highest BCUT2D eigenvalue weighted by Crippen LogP contribution is 2.14. The predicted octanol–water partition coefficient (Wildman–Crippen LogP) is 2.19. The maximum Gasteiger partial charge on any atom is 0.261 e. The summed E-state index contributed by atoms with van der Waals surface area (Å²) in [6.07, 6.45) is 0.663. The number of anilines is 1. The van der Waals surface area contributed by atoms with Crippen LogP contribution in [0.3, 0.4) is 0 Å². The first-order valence-electron chi connectivity index (χ1n) is 4.49. The molecule has 0 heterocycles. The van der Waals surface area contributed by atoms with Crippen LogP contribution in [-0.2, 0) is 4.79 Å². The van der Waals surface area contributed by atoms with Crippen LogP contribution in [0.5, 0.6) is 0 Å². The molecule has 0 saturated carbocycles. The molecule has 0 unspecified atom stereocenters. The minimum absolute atomic E-state index is 0.412. The molecule has 0 aromatic heterocycles. The van der Waals surface area contributed by atoms with E-state index in [-0.39, 0.29) is 0 Å². The van der Waals surface area contributed by atoms with Gasteiger partial charge in [-0.2, -0.15) is 0 Å². The molecule has 0 aliphatic heterocycles. The molecule has 15 heavy (non-hydrogen) atoms. The minimum atomic E-state index is -1.93. The van der Waals surface area contributed by atoms with Gasteiger partial charge in [-0.3, -0.25) is 9.59 Å². The fourth-order valence-corrected chi connectivity index (χ4v) is 0.969. The maximum absolute atomic E-state index is 13.2. The Hall–Kier alpha value is -1.71. The minimum Gasteiger partial charge on any atom is -0.323 e. The van der Waals surface area contributed by atoms with Crippen LogP contribution in [0.2, 0.25) is 0 Å². The third-order valence-electron chi connectivity index (χ3n) is 1.82. The molecule has 0 atom stereocenters. The second kappa shape index (κ2) is 4.21. The smallest absolute Gasteiger partial charge is 0.261 e. The molecule has 80 valence electrons. The number of carbonyl (C=O) groups excluding carboxylic acids is 2. The summed E-state index contributed by atoms with van der Waals surface area (Å²) in [5.41, 5.74) is -1.09. The highest BCUT2D eigenvalue weighted by molar-refractivity contribution is 5.97. The Morgan fingerprint density at radius 2 is 2.13 bits per heavy atom. The van der Waals surface area contributed by atoms with Crippen molar-refractivity contribution >= 4 is 17.9 Å². The number of carbonyl (C=O) groups is 2. The first-order chi connectivity index (χ1) is 6.93. The van der Waals surface area contributed by atoms with Crippen molar-refractivity contribution in [1.82, 2.24) is 0 Å². The van der Waals surface area contributed by atoms with E-state index >= 15 is 0 Å². The molecule has 1 rings (SSSR count). The normalized spacial score (nSPS) is 10.9. The number of halogens is 1. The molecule has 0 spiro atoms. The molecule has 3 nitrogen and oxygen atoms in total. The van der Waals surface area contributed by atoms with Crippen molar-refractivity contribution in [3.05, 3.63) is 29.8 Å². The van der Waals surface area contributed by atoms with Gasteiger partial charge in [0.25, 0.3) is 5.91 Å². The van der Waals surface area contributed by atoms with E-state index < -0.39 is 11.6 Å². The molecule has 0 fully saturated rings. The molecule has 0 bridgehead atoms. The van der Waals surface area contributed by atoms with Gasteiger partial charge in [0.15, 0.2) is 5.67 Å². The van der Waals surface area contributed by atoms with E-state index in [0.29, 0.717) is 17.5 Å². The van der Waals surface area contributed by atoms with Gasteiger partial charge >= 0.3 is 0 Å². The Morgan fingerprint density at radius 1 is 1.47 bits per heavy atom. The summed E-state index contributed by atoms with van der Waals surface area (Å²) in [5, 5.41) is 2.38. The summed E-state index contributed by atoms with van der Waals surface area (Å²) in [6.45, 7) is 2.35. The van der Waals surface area contributed by atoms with Crippen molar-refractivity contribution in [3.8, 4) is 0 Å². The SMILES string of the molecule is CC(C)(F)C(=O)Nc1cccc(C=O)c1. The zero-order valence-electron chi connectivity index (χ0n) is 8.58. The lowest BCUT2D eigenvalue weighted by Crippen LogP contribution is -2.32. The van der Waals surface area contributed by atoms with E-state index in [4.69, 9.17) is 0 Å². The van der Waals surface area contributed by atoms with Crippen molar-refractivity contribution in [2.45, 2.75) is 19.5 Å². The largest absolute Gasteiger partial charge is 0.323 e. The van der Waals surface area contributed by atoms with Crippen molar-refractivity contribution < 1.29 is 14.0 Å². The van der Waals surface area contributed by atoms with Gasteiger partial charge in [0, 0.05) is 11.3 Å². The monoisotopic (exact) mass is 209 g/mol. The van der Waals surface area contributed by atoms with Crippen LogP contribution >= 0.6 is 0 Å². The van der Waals surface area contributed by atoms with Gasteiger partial charge in [0.05, 0.1) is 0 Å². The summed E-state index contributed by atoms with van der Waals surface area (Å²) in [7, 11) is 0. The zero-order valence-corrected chi connectivity index (χ0v) is 8.58. The topological polar surface area (TPSA) is 46.2 Å². The zero-order chi connectivity index (χ0) is 11.5. The predicted molar refractivity (Wildman–Crippen MR) is 55.6 cm³/mol. The van der Waals surface area contributed by atoms with E-state index in [2.05, 4.69) is 5.32 Å². The molecule has 1 aromatic rings. The second-order valence-corrected chi connectivity index (χ2v) is 3.67.